The van der Waals surface area contributed by atoms with Crippen molar-refractivity contribution < 1.29 is 0 Å². The lowest BCUT2D eigenvalue weighted by molar-refractivity contribution is 0.444. The van der Waals surface area contributed by atoms with Crippen LogP contribution in [0, 0.1) is 17.2 Å². The standard InChI is InChI=1S/C15H22N2/c1-4-5-12(2)11-17-13(3)15-8-6-14(10-16)7-9-15/h6-9,12-13,17H,4-5,11H2,1-3H3. The molecule has 2 unspecified atom stereocenters. The molecule has 0 aromatic heterocycles. The summed E-state index contributed by atoms with van der Waals surface area (Å²) in [5.41, 5.74) is 1.97. The van der Waals surface area contributed by atoms with Gasteiger partial charge in [0, 0.05) is 6.04 Å². The van der Waals surface area contributed by atoms with Crippen molar-refractivity contribution in [3.8, 4) is 6.07 Å². The molecule has 1 N–H and O–H groups in total. The molecule has 17 heavy (non-hydrogen) atoms. The van der Waals surface area contributed by atoms with E-state index in [1.54, 1.807) is 0 Å². The van der Waals surface area contributed by atoms with Crippen LogP contribution in [-0.2, 0) is 0 Å². The Morgan fingerprint density at radius 2 is 1.88 bits per heavy atom. The van der Waals surface area contributed by atoms with Crippen LogP contribution in [0.4, 0.5) is 0 Å². The van der Waals surface area contributed by atoms with Crippen LogP contribution < -0.4 is 5.32 Å². The largest absolute Gasteiger partial charge is 0.310 e. The predicted molar refractivity (Wildman–Crippen MR) is 71.6 cm³/mol. The Hall–Kier alpha value is -1.33. The van der Waals surface area contributed by atoms with E-state index < -0.39 is 0 Å². The first kappa shape index (κ1) is 13.7. The lowest BCUT2D eigenvalue weighted by atomic mass is 10.0. The van der Waals surface area contributed by atoms with Crippen LogP contribution in [0.5, 0.6) is 0 Å². The van der Waals surface area contributed by atoms with Crippen LogP contribution in [0.3, 0.4) is 0 Å². The second kappa shape index (κ2) is 7.09. The quantitative estimate of drug-likeness (QED) is 0.809. The van der Waals surface area contributed by atoms with Gasteiger partial charge in [-0.1, -0.05) is 32.4 Å². The summed E-state index contributed by atoms with van der Waals surface area (Å²) in [5, 5.41) is 12.3. The summed E-state index contributed by atoms with van der Waals surface area (Å²) in [6.45, 7) is 7.72. The zero-order chi connectivity index (χ0) is 12.7. The molecule has 0 amide bonds. The van der Waals surface area contributed by atoms with Crippen LogP contribution >= 0.6 is 0 Å². The average Bonchev–Trinajstić information content (AvgIpc) is 2.36. The van der Waals surface area contributed by atoms with Crippen LogP contribution in [0.15, 0.2) is 24.3 Å². The SMILES string of the molecule is CCCC(C)CNC(C)c1ccc(C#N)cc1. The maximum absolute atomic E-state index is 8.74. The Kier molecular flexibility index (Phi) is 5.72. The Bertz CT molecular complexity index is 362. The molecule has 0 saturated heterocycles. The van der Waals surface area contributed by atoms with E-state index >= 15 is 0 Å². The molecule has 0 radical (unpaired) electrons. The molecular weight excluding hydrogens is 208 g/mol. The summed E-state index contributed by atoms with van der Waals surface area (Å²) in [5.74, 6) is 0.723. The number of hydrogen-bond donors (Lipinski definition) is 1. The third-order valence-electron chi connectivity index (χ3n) is 3.09. The molecule has 0 aliphatic carbocycles. The van der Waals surface area contributed by atoms with Crippen LogP contribution in [0.25, 0.3) is 0 Å². The summed E-state index contributed by atoms with van der Waals surface area (Å²) in [6.07, 6.45) is 2.52. The highest BCUT2D eigenvalue weighted by atomic mass is 14.9. The molecule has 0 saturated carbocycles. The Labute approximate surface area is 105 Å². The van der Waals surface area contributed by atoms with Gasteiger partial charge in [0.1, 0.15) is 0 Å². The third kappa shape index (κ3) is 4.58. The zero-order valence-corrected chi connectivity index (χ0v) is 11.0. The second-order valence-electron chi connectivity index (χ2n) is 4.76. The van der Waals surface area contributed by atoms with Gasteiger partial charge >= 0.3 is 0 Å². The molecule has 0 spiro atoms. The highest BCUT2D eigenvalue weighted by Crippen LogP contribution is 2.14. The van der Waals surface area contributed by atoms with E-state index in [0.29, 0.717) is 6.04 Å². The molecule has 0 fully saturated rings. The van der Waals surface area contributed by atoms with Gasteiger partial charge in [-0.25, -0.2) is 0 Å². The van der Waals surface area contributed by atoms with Crippen molar-refractivity contribution in [1.29, 1.82) is 5.26 Å². The lowest BCUT2D eigenvalue weighted by Crippen LogP contribution is -2.24. The van der Waals surface area contributed by atoms with E-state index in [-0.39, 0.29) is 0 Å². The van der Waals surface area contributed by atoms with E-state index in [2.05, 4.69) is 32.2 Å². The summed E-state index contributed by atoms with van der Waals surface area (Å²) in [6, 6.07) is 10.3. The number of nitrogens with zero attached hydrogens (tertiary/aromatic N) is 1. The molecule has 0 heterocycles. The van der Waals surface area contributed by atoms with E-state index in [0.717, 1.165) is 18.0 Å². The Morgan fingerprint density at radius 1 is 1.24 bits per heavy atom. The molecule has 2 heteroatoms. The maximum atomic E-state index is 8.74. The van der Waals surface area contributed by atoms with Crippen molar-refractivity contribution in [2.24, 2.45) is 5.92 Å². The predicted octanol–water partition coefficient (Wildman–Crippen LogP) is 3.65. The Morgan fingerprint density at radius 3 is 2.41 bits per heavy atom. The number of hydrogen-bond acceptors (Lipinski definition) is 2. The molecule has 0 bridgehead atoms. The summed E-state index contributed by atoms with van der Waals surface area (Å²) in [7, 11) is 0. The summed E-state index contributed by atoms with van der Waals surface area (Å²) in [4.78, 5) is 0. The minimum Gasteiger partial charge on any atom is -0.310 e. The minimum absolute atomic E-state index is 0.349. The molecular formula is C15H22N2. The number of benzene rings is 1. The van der Waals surface area contributed by atoms with E-state index in [4.69, 9.17) is 5.26 Å². The van der Waals surface area contributed by atoms with Gasteiger partial charge in [-0.15, -0.1) is 0 Å². The van der Waals surface area contributed by atoms with Crippen molar-refractivity contribution in [2.45, 2.75) is 39.7 Å². The van der Waals surface area contributed by atoms with Crippen molar-refractivity contribution in [1.82, 2.24) is 5.32 Å². The first-order valence-corrected chi connectivity index (χ1v) is 6.40. The molecule has 0 aliphatic rings. The van der Waals surface area contributed by atoms with Gasteiger partial charge in [0.05, 0.1) is 11.6 Å². The van der Waals surface area contributed by atoms with Crippen LogP contribution in [0.2, 0.25) is 0 Å². The molecule has 2 nitrogen and oxygen atoms in total. The lowest BCUT2D eigenvalue weighted by Gasteiger charge is -2.17. The number of rotatable bonds is 6. The van der Waals surface area contributed by atoms with Gasteiger partial charge in [0.15, 0.2) is 0 Å². The maximum Gasteiger partial charge on any atom is 0.0991 e. The number of nitriles is 1. The smallest absolute Gasteiger partial charge is 0.0991 e. The fraction of sp³-hybridized carbons (Fsp3) is 0.533. The van der Waals surface area contributed by atoms with Gasteiger partial charge in [-0.2, -0.15) is 5.26 Å². The summed E-state index contributed by atoms with van der Waals surface area (Å²) < 4.78 is 0. The van der Waals surface area contributed by atoms with Crippen LogP contribution in [0.1, 0.15) is 50.8 Å². The van der Waals surface area contributed by atoms with Gasteiger partial charge in [-0.05, 0) is 43.5 Å². The summed E-state index contributed by atoms with van der Waals surface area (Å²) >= 11 is 0. The van der Waals surface area contributed by atoms with Gasteiger partial charge in [0.25, 0.3) is 0 Å². The molecule has 1 aromatic rings. The van der Waals surface area contributed by atoms with E-state index in [1.165, 1.54) is 18.4 Å². The highest BCUT2D eigenvalue weighted by Gasteiger charge is 2.07. The van der Waals surface area contributed by atoms with Gasteiger partial charge in [-0.3, -0.25) is 0 Å². The fourth-order valence-corrected chi connectivity index (χ4v) is 1.94. The molecule has 0 aliphatic heterocycles. The minimum atomic E-state index is 0.349. The molecule has 92 valence electrons. The fourth-order valence-electron chi connectivity index (χ4n) is 1.94. The van der Waals surface area contributed by atoms with Crippen LogP contribution in [-0.4, -0.2) is 6.54 Å². The van der Waals surface area contributed by atoms with Crippen molar-refractivity contribution >= 4 is 0 Å². The third-order valence-corrected chi connectivity index (χ3v) is 3.09. The Balaban J connectivity index is 2.46. The highest BCUT2D eigenvalue weighted by molar-refractivity contribution is 5.32. The topological polar surface area (TPSA) is 35.8 Å². The van der Waals surface area contributed by atoms with Crippen molar-refractivity contribution in [3.63, 3.8) is 0 Å². The molecule has 1 rings (SSSR count). The van der Waals surface area contributed by atoms with Gasteiger partial charge < -0.3 is 5.32 Å². The first-order chi connectivity index (χ1) is 8.17. The zero-order valence-electron chi connectivity index (χ0n) is 11.0. The second-order valence-corrected chi connectivity index (χ2v) is 4.76. The molecule has 2 atom stereocenters. The van der Waals surface area contributed by atoms with Crippen molar-refractivity contribution in [2.75, 3.05) is 6.54 Å². The van der Waals surface area contributed by atoms with E-state index in [9.17, 15) is 0 Å². The van der Waals surface area contributed by atoms with E-state index in [1.807, 2.05) is 24.3 Å². The average molecular weight is 230 g/mol. The number of nitrogens with one attached hydrogen (secondary N) is 1. The molecule has 1 aromatic carbocycles. The normalized spacial score (nSPS) is 14.0. The monoisotopic (exact) mass is 230 g/mol. The first-order valence-electron chi connectivity index (χ1n) is 6.40. The van der Waals surface area contributed by atoms with Crippen molar-refractivity contribution in [3.05, 3.63) is 35.4 Å². The van der Waals surface area contributed by atoms with Gasteiger partial charge in [0.2, 0.25) is 0 Å².